The Morgan fingerprint density at radius 1 is 1.05 bits per heavy atom. The van der Waals surface area contributed by atoms with E-state index in [0.29, 0.717) is 37.6 Å². The third-order valence-corrected chi connectivity index (χ3v) is 8.80. The van der Waals surface area contributed by atoms with Gasteiger partial charge in [-0.15, -0.1) is 0 Å². The summed E-state index contributed by atoms with van der Waals surface area (Å²) in [5.41, 5.74) is 7.30. The number of benzene rings is 1. The molecule has 0 bridgehead atoms. The molecule has 3 fully saturated rings. The maximum absolute atomic E-state index is 14.0. The van der Waals surface area contributed by atoms with Gasteiger partial charge in [0.15, 0.2) is 0 Å². The standard InChI is InChI=1S/C28H42ClN5O3/c1-4-26(36)34(22-11-5-18(2)6-12-22)23-13-14-32(15-23)27(37)25-17-33(28(30)31-19(3)35)16-24(25)20-7-9-21(29)10-8-20/h7-10,18,22-25,28H,4-6,11-17,30H2,1-3H3,(H,31,35)/t18?,22?,23-,24-,25?,28?/m0/s1. The van der Waals surface area contributed by atoms with Crippen LogP contribution in [0.5, 0.6) is 0 Å². The minimum atomic E-state index is -0.650. The second-order valence-electron chi connectivity index (χ2n) is 11.2. The lowest BCUT2D eigenvalue weighted by Gasteiger charge is -2.40. The topological polar surface area (TPSA) is 99.0 Å². The number of nitrogens with zero attached hydrogens (tertiary/aromatic N) is 3. The molecule has 2 unspecified atom stereocenters. The molecular formula is C28H42ClN5O3. The molecule has 0 aromatic heterocycles. The van der Waals surface area contributed by atoms with Gasteiger partial charge >= 0.3 is 0 Å². The number of hydrogen-bond donors (Lipinski definition) is 2. The summed E-state index contributed by atoms with van der Waals surface area (Å²) in [6.45, 7) is 7.93. The van der Waals surface area contributed by atoms with Gasteiger partial charge in [-0.05, 0) is 55.7 Å². The summed E-state index contributed by atoms with van der Waals surface area (Å²) in [5, 5.41) is 3.40. The third kappa shape index (κ3) is 6.47. The molecule has 1 aromatic rings. The monoisotopic (exact) mass is 531 g/mol. The summed E-state index contributed by atoms with van der Waals surface area (Å²) in [4.78, 5) is 44.7. The summed E-state index contributed by atoms with van der Waals surface area (Å²) in [6.07, 6.45) is 5.07. The molecule has 4 atom stereocenters. The highest BCUT2D eigenvalue weighted by molar-refractivity contribution is 6.30. The Hall–Kier alpha value is -2.16. The molecule has 2 heterocycles. The van der Waals surface area contributed by atoms with E-state index in [1.807, 2.05) is 41.0 Å². The summed E-state index contributed by atoms with van der Waals surface area (Å²) in [7, 11) is 0. The normalized spacial score (nSPS) is 29.2. The number of hydrogen-bond acceptors (Lipinski definition) is 5. The molecule has 2 saturated heterocycles. The average Bonchev–Trinajstić information content (AvgIpc) is 3.53. The van der Waals surface area contributed by atoms with Gasteiger partial charge in [-0.3, -0.25) is 25.0 Å². The highest BCUT2D eigenvalue weighted by Crippen LogP contribution is 2.37. The predicted octanol–water partition coefficient (Wildman–Crippen LogP) is 3.15. The van der Waals surface area contributed by atoms with E-state index in [9.17, 15) is 14.4 Å². The van der Waals surface area contributed by atoms with Crippen molar-refractivity contribution in [1.29, 1.82) is 0 Å². The molecule has 37 heavy (non-hydrogen) atoms. The van der Waals surface area contributed by atoms with E-state index in [4.69, 9.17) is 17.3 Å². The highest BCUT2D eigenvalue weighted by atomic mass is 35.5. The molecule has 1 aliphatic carbocycles. The molecule has 204 valence electrons. The number of nitrogens with one attached hydrogen (secondary N) is 1. The third-order valence-electron chi connectivity index (χ3n) is 8.55. The fourth-order valence-electron chi connectivity index (χ4n) is 6.47. The molecule has 9 heteroatoms. The van der Waals surface area contributed by atoms with Crippen LogP contribution >= 0.6 is 11.6 Å². The van der Waals surface area contributed by atoms with Crippen molar-refractivity contribution in [1.82, 2.24) is 20.0 Å². The molecule has 1 saturated carbocycles. The number of carbonyl (C=O) groups is 3. The van der Waals surface area contributed by atoms with Gasteiger partial charge in [-0.2, -0.15) is 0 Å². The van der Waals surface area contributed by atoms with Crippen LogP contribution < -0.4 is 11.1 Å². The van der Waals surface area contributed by atoms with E-state index in [1.165, 1.54) is 6.92 Å². The average molecular weight is 532 g/mol. The number of likely N-dealkylation sites (tertiary alicyclic amines) is 2. The van der Waals surface area contributed by atoms with Crippen LogP contribution in [-0.2, 0) is 14.4 Å². The van der Waals surface area contributed by atoms with Crippen molar-refractivity contribution in [2.24, 2.45) is 17.6 Å². The van der Waals surface area contributed by atoms with Crippen LogP contribution in [0.15, 0.2) is 24.3 Å². The van der Waals surface area contributed by atoms with E-state index in [2.05, 4.69) is 17.1 Å². The van der Waals surface area contributed by atoms with Gasteiger partial charge in [0.2, 0.25) is 17.7 Å². The predicted molar refractivity (Wildman–Crippen MR) is 145 cm³/mol. The number of amides is 3. The van der Waals surface area contributed by atoms with E-state index in [1.54, 1.807) is 0 Å². The quantitative estimate of drug-likeness (QED) is 0.527. The first kappa shape index (κ1) is 27.9. The molecule has 4 rings (SSSR count). The molecular weight excluding hydrogens is 490 g/mol. The van der Waals surface area contributed by atoms with Crippen molar-refractivity contribution in [3.63, 3.8) is 0 Å². The van der Waals surface area contributed by atoms with Crippen molar-refractivity contribution >= 4 is 29.3 Å². The van der Waals surface area contributed by atoms with Crippen molar-refractivity contribution in [3.05, 3.63) is 34.9 Å². The van der Waals surface area contributed by atoms with Gasteiger partial charge in [-0.25, -0.2) is 0 Å². The van der Waals surface area contributed by atoms with Crippen molar-refractivity contribution in [3.8, 4) is 0 Å². The zero-order valence-corrected chi connectivity index (χ0v) is 23.1. The van der Waals surface area contributed by atoms with Crippen molar-refractivity contribution < 1.29 is 14.4 Å². The summed E-state index contributed by atoms with van der Waals surface area (Å²) < 4.78 is 0. The van der Waals surface area contributed by atoms with Gasteiger partial charge in [-0.1, -0.05) is 37.6 Å². The summed E-state index contributed by atoms with van der Waals surface area (Å²) in [6, 6.07) is 7.99. The lowest BCUT2D eigenvalue weighted by atomic mass is 9.85. The summed E-state index contributed by atoms with van der Waals surface area (Å²) in [5.74, 6) is 0.468. The van der Waals surface area contributed by atoms with Gasteiger partial charge in [0, 0.05) is 56.5 Å². The first-order valence-corrected chi connectivity index (χ1v) is 14.2. The minimum absolute atomic E-state index is 0.0585. The van der Waals surface area contributed by atoms with Gasteiger partial charge in [0.1, 0.15) is 6.29 Å². The molecule has 0 radical (unpaired) electrons. The SMILES string of the molecule is CCC(=O)N(C1CCC(C)CC1)[C@H]1CCN(C(=O)C2CN(C(N)NC(C)=O)C[C@H]2c2ccc(Cl)cc2)C1. The molecule has 8 nitrogen and oxygen atoms in total. The first-order chi connectivity index (χ1) is 17.7. The maximum Gasteiger partial charge on any atom is 0.227 e. The number of nitrogens with two attached hydrogens (primary N) is 1. The maximum atomic E-state index is 14.0. The van der Waals surface area contributed by atoms with Crippen molar-refractivity contribution in [2.75, 3.05) is 26.2 Å². The smallest absolute Gasteiger partial charge is 0.227 e. The Morgan fingerprint density at radius 3 is 2.35 bits per heavy atom. The van der Waals surface area contributed by atoms with Crippen LogP contribution in [0.1, 0.15) is 70.8 Å². The lowest BCUT2D eigenvalue weighted by molar-refractivity contribution is -0.139. The molecule has 2 aliphatic heterocycles. The molecule has 3 amide bonds. The Morgan fingerprint density at radius 2 is 1.73 bits per heavy atom. The molecule has 1 aromatic carbocycles. The van der Waals surface area contributed by atoms with Gasteiger partial charge < -0.3 is 15.1 Å². The van der Waals surface area contributed by atoms with E-state index in [0.717, 1.165) is 43.6 Å². The van der Waals surface area contributed by atoms with Crippen molar-refractivity contribution in [2.45, 2.75) is 83.6 Å². The van der Waals surface area contributed by atoms with Crippen LogP contribution in [0.4, 0.5) is 0 Å². The van der Waals surface area contributed by atoms with Crippen LogP contribution in [-0.4, -0.2) is 77.0 Å². The molecule has 3 aliphatic rings. The van der Waals surface area contributed by atoms with E-state index < -0.39 is 6.29 Å². The van der Waals surface area contributed by atoms with E-state index >= 15 is 0 Å². The Bertz CT molecular complexity index is 965. The summed E-state index contributed by atoms with van der Waals surface area (Å²) >= 11 is 6.13. The highest BCUT2D eigenvalue weighted by Gasteiger charge is 2.44. The zero-order valence-electron chi connectivity index (χ0n) is 22.4. The van der Waals surface area contributed by atoms with E-state index in [-0.39, 0.29) is 41.6 Å². The van der Waals surface area contributed by atoms with Crippen LogP contribution in [0.2, 0.25) is 5.02 Å². The largest absolute Gasteiger partial charge is 0.340 e. The second kappa shape index (κ2) is 12.1. The number of carbonyl (C=O) groups excluding carboxylic acids is 3. The second-order valence-corrected chi connectivity index (χ2v) is 11.6. The Labute approximate surface area is 225 Å². The molecule has 0 spiro atoms. The fourth-order valence-corrected chi connectivity index (χ4v) is 6.60. The first-order valence-electron chi connectivity index (χ1n) is 13.8. The van der Waals surface area contributed by atoms with Crippen LogP contribution in [0.25, 0.3) is 0 Å². The van der Waals surface area contributed by atoms with Gasteiger partial charge in [0.05, 0.1) is 12.0 Å². The zero-order chi connectivity index (χ0) is 26.7. The van der Waals surface area contributed by atoms with Gasteiger partial charge in [0.25, 0.3) is 0 Å². The number of rotatable bonds is 7. The Balaban J connectivity index is 1.50. The van der Waals surface area contributed by atoms with Crippen LogP contribution in [0.3, 0.4) is 0 Å². The lowest BCUT2D eigenvalue weighted by Crippen LogP contribution is -2.53. The van der Waals surface area contributed by atoms with Crippen LogP contribution in [0, 0.1) is 11.8 Å². The Kier molecular flexibility index (Phi) is 9.14. The minimum Gasteiger partial charge on any atom is -0.340 e. The fraction of sp³-hybridized carbons (Fsp3) is 0.679. The number of halogens is 1. The molecule has 3 N–H and O–H groups in total.